The first kappa shape index (κ1) is 14.0. The van der Waals surface area contributed by atoms with Gasteiger partial charge in [0.05, 0.1) is 0 Å². The van der Waals surface area contributed by atoms with Gasteiger partial charge in [-0.2, -0.15) is 0 Å². The zero-order chi connectivity index (χ0) is 13.5. The third-order valence-electron chi connectivity index (χ3n) is 2.64. The number of nitrogens with one attached hydrogen (secondary N) is 1. The van der Waals surface area contributed by atoms with Gasteiger partial charge in [-0.1, -0.05) is 6.07 Å². The highest BCUT2D eigenvalue weighted by Gasteiger charge is 2.08. The second-order valence-corrected chi connectivity index (χ2v) is 4.25. The van der Waals surface area contributed by atoms with E-state index in [9.17, 15) is 9.59 Å². The van der Waals surface area contributed by atoms with E-state index in [2.05, 4.69) is 5.32 Å². The van der Waals surface area contributed by atoms with E-state index in [1.165, 1.54) is 0 Å². The van der Waals surface area contributed by atoms with Crippen LogP contribution in [-0.2, 0) is 4.79 Å². The maximum Gasteiger partial charge on any atom is 0.251 e. The number of nitrogen functional groups attached to an aromatic ring is 1. The standard InChI is InChI=1S/C13H19N3O2/c1-9-5-6-10(14)8-11(9)13(18)16-7-3-2-4-12(15)17/h5-6,8H,2-4,7,14H2,1H3,(H2,15,17)(H,16,18). The van der Waals surface area contributed by atoms with E-state index < -0.39 is 0 Å². The predicted molar refractivity (Wildman–Crippen MR) is 71.0 cm³/mol. The highest BCUT2D eigenvalue weighted by Crippen LogP contribution is 2.12. The molecule has 0 saturated carbocycles. The van der Waals surface area contributed by atoms with Gasteiger partial charge in [-0.3, -0.25) is 9.59 Å². The first-order valence-electron chi connectivity index (χ1n) is 5.93. The summed E-state index contributed by atoms with van der Waals surface area (Å²) in [6.07, 6.45) is 1.77. The minimum atomic E-state index is -0.312. The van der Waals surface area contributed by atoms with Crippen LogP contribution < -0.4 is 16.8 Å². The van der Waals surface area contributed by atoms with Crippen molar-refractivity contribution in [2.45, 2.75) is 26.2 Å². The molecule has 1 rings (SSSR count). The van der Waals surface area contributed by atoms with Gasteiger partial charge in [-0.05, 0) is 37.5 Å². The van der Waals surface area contributed by atoms with Crippen molar-refractivity contribution in [1.82, 2.24) is 5.32 Å². The molecule has 0 spiro atoms. The monoisotopic (exact) mass is 249 g/mol. The van der Waals surface area contributed by atoms with Crippen molar-refractivity contribution >= 4 is 17.5 Å². The Balaban J connectivity index is 2.41. The molecular weight excluding hydrogens is 230 g/mol. The maximum absolute atomic E-state index is 11.9. The Labute approximate surface area is 107 Å². The molecule has 0 aliphatic rings. The summed E-state index contributed by atoms with van der Waals surface area (Å²) in [4.78, 5) is 22.4. The molecule has 5 N–H and O–H groups in total. The van der Waals surface area contributed by atoms with Crippen LogP contribution in [0.5, 0.6) is 0 Å². The zero-order valence-corrected chi connectivity index (χ0v) is 10.5. The fraction of sp³-hybridized carbons (Fsp3) is 0.385. The van der Waals surface area contributed by atoms with Crippen LogP contribution in [0.15, 0.2) is 18.2 Å². The largest absolute Gasteiger partial charge is 0.399 e. The summed E-state index contributed by atoms with van der Waals surface area (Å²) in [7, 11) is 0. The molecule has 0 unspecified atom stereocenters. The molecule has 2 amide bonds. The molecule has 0 bridgehead atoms. The third-order valence-corrected chi connectivity index (χ3v) is 2.64. The Bertz CT molecular complexity index is 444. The molecule has 1 aromatic rings. The lowest BCUT2D eigenvalue weighted by Crippen LogP contribution is -2.25. The highest BCUT2D eigenvalue weighted by atomic mass is 16.2. The number of hydrogen-bond acceptors (Lipinski definition) is 3. The molecule has 0 atom stereocenters. The van der Waals surface area contributed by atoms with Crippen molar-refractivity contribution in [2.24, 2.45) is 5.73 Å². The number of hydrogen-bond donors (Lipinski definition) is 3. The first-order valence-corrected chi connectivity index (χ1v) is 5.93. The fourth-order valence-corrected chi connectivity index (χ4v) is 1.61. The molecule has 0 aliphatic carbocycles. The second kappa shape index (κ2) is 6.64. The minimum absolute atomic E-state index is 0.140. The normalized spacial score (nSPS) is 10.1. The summed E-state index contributed by atoms with van der Waals surface area (Å²) in [5, 5.41) is 2.79. The number of nitrogens with two attached hydrogens (primary N) is 2. The number of rotatable bonds is 6. The van der Waals surface area contributed by atoms with Gasteiger partial charge < -0.3 is 16.8 Å². The molecule has 0 fully saturated rings. The lowest BCUT2D eigenvalue weighted by molar-refractivity contribution is -0.118. The van der Waals surface area contributed by atoms with Crippen LogP contribution in [-0.4, -0.2) is 18.4 Å². The lowest BCUT2D eigenvalue weighted by Gasteiger charge is -2.08. The Kier molecular flexibility index (Phi) is 5.17. The first-order chi connectivity index (χ1) is 8.50. The van der Waals surface area contributed by atoms with E-state index in [0.717, 1.165) is 12.0 Å². The summed E-state index contributed by atoms with van der Waals surface area (Å²) in [5.41, 5.74) is 12.7. The van der Waals surface area contributed by atoms with E-state index in [4.69, 9.17) is 11.5 Å². The molecule has 0 radical (unpaired) electrons. The van der Waals surface area contributed by atoms with Gasteiger partial charge in [-0.15, -0.1) is 0 Å². The lowest BCUT2D eigenvalue weighted by atomic mass is 10.1. The van der Waals surface area contributed by atoms with Crippen molar-refractivity contribution < 1.29 is 9.59 Å². The van der Waals surface area contributed by atoms with Crippen LogP contribution >= 0.6 is 0 Å². The Hall–Kier alpha value is -2.04. The number of aryl methyl sites for hydroxylation is 1. The van der Waals surface area contributed by atoms with E-state index in [-0.39, 0.29) is 11.8 Å². The van der Waals surface area contributed by atoms with Crippen LogP contribution in [0.2, 0.25) is 0 Å². The van der Waals surface area contributed by atoms with Crippen LogP contribution in [0, 0.1) is 6.92 Å². The molecule has 0 heterocycles. The summed E-state index contributed by atoms with van der Waals surface area (Å²) < 4.78 is 0. The van der Waals surface area contributed by atoms with Gasteiger partial charge in [0.1, 0.15) is 0 Å². The smallest absolute Gasteiger partial charge is 0.251 e. The Morgan fingerprint density at radius 3 is 2.67 bits per heavy atom. The molecule has 0 saturated heterocycles. The zero-order valence-electron chi connectivity index (χ0n) is 10.5. The summed E-state index contributed by atoms with van der Waals surface area (Å²) in [5.74, 6) is -0.452. The van der Waals surface area contributed by atoms with Gasteiger partial charge in [0.25, 0.3) is 5.91 Å². The van der Waals surface area contributed by atoms with Gasteiger partial charge in [-0.25, -0.2) is 0 Å². The van der Waals surface area contributed by atoms with Crippen molar-refractivity contribution in [3.63, 3.8) is 0 Å². The Morgan fingerprint density at radius 1 is 1.28 bits per heavy atom. The average molecular weight is 249 g/mol. The number of carbonyl (C=O) groups excluding carboxylic acids is 2. The number of carbonyl (C=O) groups is 2. The number of anilines is 1. The topological polar surface area (TPSA) is 98.2 Å². The molecule has 98 valence electrons. The van der Waals surface area contributed by atoms with Crippen LogP contribution in [0.25, 0.3) is 0 Å². The molecule has 5 nitrogen and oxygen atoms in total. The minimum Gasteiger partial charge on any atom is -0.399 e. The summed E-state index contributed by atoms with van der Waals surface area (Å²) in [6, 6.07) is 5.24. The molecule has 0 aromatic heterocycles. The van der Waals surface area contributed by atoms with Gasteiger partial charge in [0.2, 0.25) is 5.91 Å². The van der Waals surface area contributed by atoms with Gasteiger partial charge in [0, 0.05) is 24.2 Å². The summed E-state index contributed by atoms with van der Waals surface area (Å²) >= 11 is 0. The molecule has 0 aliphatic heterocycles. The average Bonchev–Trinajstić information content (AvgIpc) is 2.31. The SMILES string of the molecule is Cc1ccc(N)cc1C(=O)NCCCCC(N)=O. The quantitative estimate of drug-likeness (QED) is 0.517. The van der Waals surface area contributed by atoms with E-state index >= 15 is 0 Å². The summed E-state index contributed by atoms with van der Waals surface area (Å²) in [6.45, 7) is 2.39. The maximum atomic E-state index is 11.9. The predicted octanol–water partition coefficient (Wildman–Crippen LogP) is 0.963. The van der Waals surface area contributed by atoms with Gasteiger partial charge >= 0.3 is 0 Å². The highest BCUT2D eigenvalue weighted by molar-refractivity contribution is 5.96. The van der Waals surface area contributed by atoms with Crippen LogP contribution in [0.4, 0.5) is 5.69 Å². The van der Waals surface area contributed by atoms with E-state index in [1.54, 1.807) is 12.1 Å². The number of benzene rings is 1. The third kappa shape index (κ3) is 4.45. The fourth-order valence-electron chi connectivity index (χ4n) is 1.61. The van der Waals surface area contributed by atoms with E-state index in [1.807, 2.05) is 13.0 Å². The molecular formula is C13H19N3O2. The number of primary amides is 1. The molecule has 5 heteroatoms. The van der Waals surface area contributed by atoms with Crippen molar-refractivity contribution in [2.75, 3.05) is 12.3 Å². The van der Waals surface area contributed by atoms with Gasteiger partial charge in [0.15, 0.2) is 0 Å². The van der Waals surface area contributed by atoms with Crippen LogP contribution in [0.1, 0.15) is 35.2 Å². The molecule has 18 heavy (non-hydrogen) atoms. The van der Waals surface area contributed by atoms with Crippen molar-refractivity contribution in [3.05, 3.63) is 29.3 Å². The van der Waals surface area contributed by atoms with E-state index in [0.29, 0.717) is 30.6 Å². The second-order valence-electron chi connectivity index (χ2n) is 4.25. The van der Waals surface area contributed by atoms with Crippen molar-refractivity contribution in [1.29, 1.82) is 0 Å². The number of unbranched alkanes of at least 4 members (excludes halogenated alkanes) is 1. The van der Waals surface area contributed by atoms with Crippen LogP contribution in [0.3, 0.4) is 0 Å². The molecule has 1 aromatic carbocycles. The Morgan fingerprint density at radius 2 is 2.00 bits per heavy atom. The van der Waals surface area contributed by atoms with Crippen molar-refractivity contribution in [3.8, 4) is 0 Å². The number of amides is 2.